The number of nitrogens with zero attached hydrogens (tertiary/aromatic N) is 5. The molecule has 0 aliphatic carbocycles. The first kappa shape index (κ1) is 19.3. The van der Waals surface area contributed by atoms with Crippen molar-refractivity contribution < 1.29 is 9.84 Å². The molecule has 31 heavy (non-hydrogen) atoms. The standard InChI is InChI=1S/C23H22N6O2/c30-18-3-1-2-17(13-18)26-22-19-5-4-16(15-29-8-10-31-11-9-29)12-20(19)27-23(28-22)21-14-24-6-7-25-21/h1-7,12-14,30H,8-11,15H2,(H,26,27,28). The molecule has 3 heterocycles. The Morgan fingerprint density at radius 3 is 2.74 bits per heavy atom. The van der Waals surface area contributed by atoms with E-state index in [1.807, 2.05) is 12.1 Å². The van der Waals surface area contributed by atoms with E-state index >= 15 is 0 Å². The topological polar surface area (TPSA) is 96.3 Å². The molecule has 0 radical (unpaired) electrons. The molecule has 156 valence electrons. The number of benzene rings is 2. The zero-order chi connectivity index (χ0) is 21.0. The second-order valence-electron chi connectivity index (χ2n) is 7.40. The van der Waals surface area contributed by atoms with Crippen LogP contribution >= 0.6 is 0 Å². The molecule has 1 saturated heterocycles. The molecule has 0 bridgehead atoms. The minimum atomic E-state index is 0.185. The molecule has 1 fully saturated rings. The van der Waals surface area contributed by atoms with Gasteiger partial charge in [0.2, 0.25) is 0 Å². The van der Waals surface area contributed by atoms with Crippen LogP contribution < -0.4 is 5.32 Å². The van der Waals surface area contributed by atoms with E-state index in [4.69, 9.17) is 14.7 Å². The van der Waals surface area contributed by atoms with Gasteiger partial charge < -0.3 is 15.2 Å². The van der Waals surface area contributed by atoms with Crippen molar-refractivity contribution in [1.29, 1.82) is 0 Å². The normalized spacial score (nSPS) is 14.6. The molecule has 5 rings (SSSR count). The summed E-state index contributed by atoms with van der Waals surface area (Å²) in [7, 11) is 0. The Kier molecular flexibility index (Phi) is 5.39. The lowest BCUT2D eigenvalue weighted by molar-refractivity contribution is 0.0342. The molecule has 0 unspecified atom stereocenters. The summed E-state index contributed by atoms with van der Waals surface area (Å²) in [5.74, 6) is 1.33. The third-order valence-electron chi connectivity index (χ3n) is 5.17. The minimum absolute atomic E-state index is 0.185. The summed E-state index contributed by atoms with van der Waals surface area (Å²) in [4.78, 5) is 20.4. The Morgan fingerprint density at radius 1 is 1.03 bits per heavy atom. The highest BCUT2D eigenvalue weighted by Gasteiger charge is 2.14. The van der Waals surface area contributed by atoms with Crippen molar-refractivity contribution in [3.8, 4) is 17.3 Å². The number of nitrogens with one attached hydrogen (secondary N) is 1. The lowest BCUT2D eigenvalue weighted by atomic mass is 10.1. The van der Waals surface area contributed by atoms with Crippen molar-refractivity contribution >= 4 is 22.4 Å². The Hall–Kier alpha value is -3.62. The Labute approximate surface area is 179 Å². The molecule has 2 N–H and O–H groups in total. The van der Waals surface area contributed by atoms with Crippen LogP contribution in [0.4, 0.5) is 11.5 Å². The molecule has 8 heteroatoms. The fraction of sp³-hybridized carbons (Fsp3) is 0.217. The van der Waals surface area contributed by atoms with Gasteiger partial charge in [-0.1, -0.05) is 12.1 Å². The van der Waals surface area contributed by atoms with Crippen LogP contribution in [0.3, 0.4) is 0 Å². The minimum Gasteiger partial charge on any atom is -0.508 e. The van der Waals surface area contributed by atoms with Crippen LogP contribution in [0.5, 0.6) is 5.75 Å². The zero-order valence-corrected chi connectivity index (χ0v) is 16.9. The van der Waals surface area contributed by atoms with Crippen LogP contribution in [-0.4, -0.2) is 56.2 Å². The number of morpholine rings is 1. The molecule has 2 aromatic heterocycles. The van der Waals surface area contributed by atoms with Gasteiger partial charge in [-0.25, -0.2) is 15.0 Å². The maximum Gasteiger partial charge on any atom is 0.182 e. The van der Waals surface area contributed by atoms with Gasteiger partial charge in [-0.3, -0.25) is 9.88 Å². The number of hydrogen-bond donors (Lipinski definition) is 2. The van der Waals surface area contributed by atoms with Gasteiger partial charge in [0.05, 0.1) is 24.9 Å². The third-order valence-corrected chi connectivity index (χ3v) is 5.17. The van der Waals surface area contributed by atoms with Gasteiger partial charge in [-0.2, -0.15) is 0 Å². The lowest BCUT2D eigenvalue weighted by Gasteiger charge is -2.26. The summed E-state index contributed by atoms with van der Waals surface area (Å²) in [6.07, 6.45) is 4.90. The van der Waals surface area contributed by atoms with Crippen LogP contribution in [-0.2, 0) is 11.3 Å². The average molecular weight is 414 g/mol. The van der Waals surface area contributed by atoms with Crippen LogP contribution in [0.25, 0.3) is 22.4 Å². The summed E-state index contributed by atoms with van der Waals surface area (Å²) < 4.78 is 5.45. The predicted octanol–water partition coefficient (Wildman–Crippen LogP) is 3.37. The van der Waals surface area contributed by atoms with Crippen LogP contribution in [0.2, 0.25) is 0 Å². The maximum atomic E-state index is 9.82. The van der Waals surface area contributed by atoms with Gasteiger partial charge >= 0.3 is 0 Å². The monoisotopic (exact) mass is 414 g/mol. The van der Waals surface area contributed by atoms with E-state index in [0.29, 0.717) is 17.3 Å². The second-order valence-corrected chi connectivity index (χ2v) is 7.40. The number of phenols is 1. The van der Waals surface area contributed by atoms with Gasteiger partial charge in [-0.15, -0.1) is 0 Å². The molecule has 0 atom stereocenters. The van der Waals surface area contributed by atoms with Crippen molar-refractivity contribution in [2.45, 2.75) is 6.54 Å². The van der Waals surface area contributed by atoms with E-state index in [1.165, 1.54) is 5.56 Å². The van der Waals surface area contributed by atoms with Crippen molar-refractivity contribution in [3.05, 3.63) is 66.6 Å². The highest BCUT2D eigenvalue weighted by molar-refractivity contribution is 5.92. The van der Waals surface area contributed by atoms with Crippen molar-refractivity contribution in [2.24, 2.45) is 0 Å². The quantitative estimate of drug-likeness (QED) is 0.513. The molecular formula is C23H22N6O2. The fourth-order valence-corrected chi connectivity index (χ4v) is 3.64. The number of rotatable bonds is 5. The number of anilines is 2. The van der Waals surface area contributed by atoms with E-state index in [0.717, 1.165) is 49.4 Å². The SMILES string of the molecule is Oc1cccc(Nc2nc(-c3cnccn3)nc3cc(CN4CCOCC4)ccc23)c1. The van der Waals surface area contributed by atoms with E-state index in [2.05, 4.69) is 32.3 Å². The predicted molar refractivity (Wildman–Crippen MR) is 118 cm³/mol. The Morgan fingerprint density at radius 2 is 1.94 bits per heavy atom. The van der Waals surface area contributed by atoms with Gasteiger partial charge in [0, 0.05) is 49.2 Å². The van der Waals surface area contributed by atoms with Gasteiger partial charge in [0.25, 0.3) is 0 Å². The van der Waals surface area contributed by atoms with Crippen molar-refractivity contribution in [2.75, 3.05) is 31.6 Å². The molecule has 1 aliphatic heterocycles. The number of fused-ring (bicyclic) bond motifs is 1. The first-order valence-electron chi connectivity index (χ1n) is 10.2. The number of aromatic nitrogens is 4. The Bertz CT molecular complexity index is 1200. The van der Waals surface area contributed by atoms with Gasteiger partial charge in [-0.05, 0) is 29.8 Å². The summed E-state index contributed by atoms with van der Waals surface area (Å²) >= 11 is 0. The highest BCUT2D eigenvalue weighted by Crippen LogP contribution is 2.28. The molecule has 8 nitrogen and oxygen atoms in total. The van der Waals surface area contributed by atoms with E-state index in [-0.39, 0.29) is 5.75 Å². The smallest absolute Gasteiger partial charge is 0.182 e. The summed E-state index contributed by atoms with van der Waals surface area (Å²) in [5, 5.41) is 14.0. The van der Waals surface area contributed by atoms with Crippen LogP contribution in [0.1, 0.15) is 5.56 Å². The van der Waals surface area contributed by atoms with E-state index in [1.54, 1.807) is 36.8 Å². The largest absolute Gasteiger partial charge is 0.508 e. The molecule has 0 saturated carbocycles. The fourth-order valence-electron chi connectivity index (χ4n) is 3.64. The molecule has 4 aromatic rings. The number of ether oxygens (including phenoxy) is 1. The van der Waals surface area contributed by atoms with Gasteiger partial charge in [0.1, 0.15) is 17.3 Å². The number of phenolic OH excluding ortho intramolecular Hbond substituents is 1. The first-order chi connectivity index (χ1) is 15.2. The maximum absolute atomic E-state index is 9.82. The number of hydrogen-bond acceptors (Lipinski definition) is 8. The second kappa shape index (κ2) is 8.63. The molecule has 0 spiro atoms. The number of aromatic hydroxyl groups is 1. The summed E-state index contributed by atoms with van der Waals surface area (Å²) in [6.45, 7) is 4.24. The highest BCUT2D eigenvalue weighted by atomic mass is 16.5. The zero-order valence-electron chi connectivity index (χ0n) is 16.9. The van der Waals surface area contributed by atoms with Gasteiger partial charge in [0.15, 0.2) is 5.82 Å². The van der Waals surface area contributed by atoms with E-state index < -0.39 is 0 Å². The first-order valence-corrected chi connectivity index (χ1v) is 10.2. The third kappa shape index (κ3) is 4.45. The molecule has 0 amide bonds. The average Bonchev–Trinajstić information content (AvgIpc) is 2.80. The van der Waals surface area contributed by atoms with E-state index in [9.17, 15) is 5.11 Å². The van der Waals surface area contributed by atoms with Crippen molar-refractivity contribution in [1.82, 2.24) is 24.8 Å². The molecule has 1 aliphatic rings. The van der Waals surface area contributed by atoms with Crippen LogP contribution in [0, 0.1) is 0 Å². The Balaban J connectivity index is 1.56. The summed E-state index contributed by atoms with van der Waals surface area (Å²) in [6, 6.07) is 13.2. The summed E-state index contributed by atoms with van der Waals surface area (Å²) in [5.41, 5.74) is 3.34. The molecule has 2 aromatic carbocycles. The lowest BCUT2D eigenvalue weighted by Crippen LogP contribution is -2.35. The van der Waals surface area contributed by atoms with Crippen molar-refractivity contribution in [3.63, 3.8) is 0 Å². The van der Waals surface area contributed by atoms with Crippen LogP contribution in [0.15, 0.2) is 61.1 Å². The molecular weight excluding hydrogens is 392 g/mol.